The smallest absolute Gasteiger partial charge is 0.283 e. The van der Waals surface area contributed by atoms with Gasteiger partial charge in [-0.25, -0.2) is 13.1 Å². The lowest BCUT2D eigenvalue weighted by Gasteiger charge is -2.23. The third kappa shape index (κ3) is 3.82. The van der Waals surface area contributed by atoms with E-state index in [2.05, 4.69) is 0 Å². The molecule has 0 bridgehead atoms. The Morgan fingerprint density at radius 1 is 0.935 bits per heavy atom. The summed E-state index contributed by atoms with van der Waals surface area (Å²) < 4.78 is 31.0. The summed E-state index contributed by atoms with van der Waals surface area (Å²) in [7, 11) is -0.659. The van der Waals surface area contributed by atoms with Gasteiger partial charge < -0.3 is 0 Å². The second-order valence-corrected chi connectivity index (χ2v) is 10.3. The molecule has 1 fully saturated rings. The van der Waals surface area contributed by atoms with E-state index in [1.807, 2.05) is 42.5 Å². The number of benzene rings is 2. The summed E-state index contributed by atoms with van der Waals surface area (Å²) >= 11 is 0. The first-order valence-electron chi connectivity index (χ1n) is 10.8. The fourth-order valence-corrected chi connectivity index (χ4v) is 5.79. The Bertz CT molecular complexity index is 1220. The van der Waals surface area contributed by atoms with Crippen molar-refractivity contribution in [1.29, 1.82) is 0 Å². The monoisotopic (exact) mass is 439 g/mol. The van der Waals surface area contributed by atoms with Gasteiger partial charge in [-0.3, -0.25) is 13.8 Å². The van der Waals surface area contributed by atoms with Crippen molar-refractivity contribution < 1.29 is 8.42 Å². The number of anilines is 1. The number of hydrogen-bond donors (Lipinski definition) is 0. The van der Waals surface area contributed by atoms with Gasteiger partial charge in [0.25, 0.3) is 15.6 Å². The highest BCUT2D eigenvalue weighted by molar-refractivity contribution is 7.92. The second-order valence-electron chi connectivity index (χ2n) is 8.29. The van der Waals surface area contributed by atoms with Crippen molar-refractivity contribution >= 4 is 15.7 Å². The lowest BCUT2D eigenvalue weighted by atomic mass is 9.84. The number of sulfonamides is 1. The van der Waals surface area contributed by atoms with E-state index in [9.17, 15) is 13.2 Å². The molecule has 164 valence electrons. The molecule has 0 unspecified atom stereocenters. The number of nitrogens with zero attached hydrogens (tertiary/aromatic N) is 3. The molecule has 0 N–H and O–H groups in total. The van der Waals surface area contributed by atoms with Gasteiger partial charge in [0, 0.05) is 14.1 Å². The van der Waals surface area contributed by atoms with E-state index in [0.717, 1.165) is 17.1 Å². The second kappa shape index (κ2) is 8.38. The van der Waals surface area contributed by atoms with E-state index in [4.69, 9.17) is 0 Å². The van der Waals surface area contributed by atoms with Gasteiger partial charge in [-0.15, -0.1) is 0 Å². The Morgan fingerprint density at radius 2 is 1.55 bits per heavy atom. The number of rotatable bonds is 5. The first-order chi connectivity index (χ1) is 14.8. The van der Waals surface area contributed by atoms with Crippen molar-refractivity contribution in [3.8, 4) is 5.69 Å². The molecule has 1 heterocycles. The third-order valence-electron chi connectivity index (χ3n) is 6.45. The molecular formula is C24H29N3O3S. The zero-order valence-electron chi connectivity index (χ0n) is 18.3. The Kier molecular flexibility index (Phi) is 5.79. The maximum atomic E-state index is 13.4. The number of hydrogen-bond acceptors (Lipinski definition) is 3. The molecule has 0 aliphatic heterocycles. The van der Waals surface area contributed by atoms with Gasteiger partial charge in [-0.2, -0.15) is 0 Å². The van der Waals surface area contributed by atoms with Gasteiger partial charge in [0.1, 0.15) is 5.69 Å². The summed E-state index contributed by atoms with van der Waals surface area (Å²) in [6, 6.07) is 16.4. The first kappa shape index (κ1) is 21.4. The predicted molar refractivity (Wildman–Crippen MR) is 124 cm³/mol. The Labute approximate surface area is 183 Å². The molecule has 6 nitrogen and oxygen atoms in total. The molecule has 0 atom stereocenters. The van der Waals surface area contributed by atoms with Gasteiger partial charge in [0.15, 0.2) is 0 Å². The standard InChI is InChI=1S/C24H29N3O3S/c1-18-23(24(28)27(25(18)2)21-12-8-5-9-13-21)26(3)31(29,30)22-16-14-20(15-17-22)19-10-6-4-7-11-19/h5,8-9,12-17,19H,4,6-7,10-11H2,1-3H3. The molecule has 0 amide bonds. The molecule has 0 saturated heterocycles. The SMILES string of the molecule is Cc1c(N(C)S(=O)(=O)c2ccc(C3CCCCC3)cc2)c(=O)n(-c2ccccc2)n1C. The number of para-hydroxylation sites is 1. The van der Waals surface area contributed by atoms with E-state index in [-0.39, 0.29) is 16.1 Å². The zero-order valence-corrected chi connectivity index (χ0v) is 19.1. The van der Waals surface area contributed by atoms with Crippen LogP contribution in [0.4, 0.5) is 5.69 Å². The highest BCUT2D eigenvalue weighted by atomic mass is 32.2. The van der Waals surface area contributed by atoms with Crippen molar-refractivity contribution in [3.05, 3.63) is 76.2 Å². The molecule has 4 rings (SSSR count). The fourth-order valence-electron chi connectivity index (χ4n) is 4.54. The predicted octanol–water partition coefficient (Wildman–Crippen LogP) is 4.36. The fraction of sp³-hybridized carbons (Fsp3) is 0.375. The van der Waals surface area contributed by atoms with Crippen LogP contribution in [0, 0.1) is 6.92 Å². The quantitative estimate of drug-likeness (QED) is 0.593. The molecule has 3 aromatic rings. The van der Waals surface area contributed by atoms with Crippen LogP contribution in [0.15, 0.2) is 64.3 Å². The highest BCUT2D eigenvalue weighted by Gasteiger charge is 2.29. The van der Waals surface area contributed by atoms with Crippen LogP contribution in [-0.2, 0) is 17.1 Å². The molecule has 2 aromatic carbocycles. The van der Waals surface area contributed by atoms with Crippen LogP contribution in [-0.4, -0.2) is 24.8 Å². The van der Waals surface area contributed by atoms with Crippen LogP contribution in [0.1, 0.15) is 49.3 Å². The van der Waals surface area contributed by atoms with Crippen molar-refractivity contribution in [3.63, 3.8) is 0 Å². The molecule has 0 radical (unpaired) electrons. The molecule has 1 aromatic heterocycles. The minimum Gasteiger partial charge on any atom is -0.283 e. The van der Waals surface area contributed by atoms with Crippen molar-refractivity contribution in [1.82, 2.24) is 9.36 Å². The van der Waals surface area contributed by atoms with Crippen molar-refractivity contribution in [2.45, 2.75) is 49.8 Å². The Balaban J connectivity index is 1.69. The topological polar surface area (TPSA) is 64.3 Å². The zero-order chi connectivity index (χ0) is 22.2. The Hall–Kier alpha value is -2.80. The molecule has 7 heteroatoms. The summed E-state index contributed by atoms with van der Waals surface area (Å²) in [4.78, 5) is 13.4. The van der Waals surface area contributed by atoms with Crippen LogP contribution in [0.2, 0.25) is 0 Å². The van der Waals surface area contributed by atoms with Gasteiger partial charge >= 0.3 is 0 Å². The van der Waals surface area contributed by atoms with Crippen molar-refractivity contribution in [2.24, 2.45) is 7.05 Å². The summed E-state index contributed by atoms with van der Waals surface area (Å²) in [5.74, 6) is 0.512. The molecule has 1 aliphatic rings. The van der Waals surface area contributed by atoms with Gasteiger partial charge in [-0.1, -0.05) is 49.6 Å². The Morgan fingerprint density at radius 3 is 2.16 bits per heavy atom. The van der Waals surface area contributed by atoms with Crippen LogP contribution in [0.5, 0.6) is 0 Å². The lowest BCUT2D eigenvalue weighted by molar-refractivity contribution is 0.443. The molecular weight excluding hydrogens is 410 g/mol. The molecule has 31 heavy (non-hydrogen) atoms. The van der Waals surface area contributed by atoms with E-state index in [1.165, 1.54) is 36.6 Å². The van der Waals surface area contributed by atoms with Gasteiger partial charge in [0.05, 0.1) is 16.3 Å². The molecule has 0 spiro atoms. The van der Waals surface area contributed by atoms with Crippen LogP contribution in [0.25, 0.3) is 5.69 Å². The highest BCUT2D eigenvalue weighted by Crippen LogP contribution is 2.33. The van der Waals surface area contributed by atoms with E-state index >= 15 is 0 Å². The van der Waals surface area contributed by atoms with E-state index in [0.29, 0.717) is 17.3 Å². The maximum absolute atomic E-state index is 13.4. The summed E-state index contributed by atoms with van der Waals surface area (Å²) in [6.07, 6.45) is 6.07. The summed E-state index contributed by atoms with van der Waals surface area (Å²) in [5.41, 5.74) is 2.26. The summed E-state index contributed by atoms with van der Waals surface area (Å²) in [6.45, 7) is 1.76. The van der Waals surface area contributed by atoms with Gasteiger partial charge in [0.2, 0.25) is 0 Å². The minimum atomic E-state index is -3.86. The lowest BCUT2D eigenvalue weighted by Crippen LogP contribution is -2.31. The average Bonchev–Trinajstić information content (AvgIpc) is 3.02. The van der Waals surface area contributed by atoms with Crippen molar-refractivity contribution in [2.75, 3.05) is 11.4 Å². The largest absolute Gasteiger partial charge is 0.296 e. The molecule has 1 aliphatic carbocycles. The van der Waals surface area contributed by atoms with E-state index in [1.54, 1.807) is 30.8 Å². The first-order valence-corrected chi connectivity index (χ1v) is 12.2. The minimum absolute atomic E-state index is 0.155. The average molecular weight is 440 g/mol. The van der Waals surface area contributed by atoms with Crippen LogP contribution < -0.4 is 9.86 Å². The molecule has 1 saturated carbocycles. The van der Waals surface area contributed by atoms with E-state index < -0.39 is 10.0 Å². The summed E-state index contributed by atoms with van der Waals surface area (Å²) in [5, 5.41) is 0. The van der Waals surface area contributed by atoms with Crippen LogP contribution in [0.3, 0.4) is 0 Å². The normalized spacial score (nSPS) is 15.2. The number of aromatic nitrogens is 2. The third-order valence-corrected chi connectivity index (χ3v) is 8.23. The van der Waals surface area contributed by atoms with Gasteiger partial charge in [-0.05, 0) is 55.5 Å². The maximum Gasteiger partial charge on any atom is 0.296 e. The van der Waals surface area contributed by atoms with Crippen LogP contribution >= 0.6 is 0 Å².